The van der Waals surface area contributed by atoms with Crippen LogP contribution in [0.1, 0.15) is 36.8 Å². The molecule has 6 heteroatoms. The molecule has 1 fully saturated rings. The van der Waals surface area contributed by atoms with Crippen molar-refractivity contribution >= 4 is 11.8 Å². The largest absolute Gasteiger partial charge is 0.497 e. The molecular weight excluding hydrogens is 380 g/mol. The molecule has 1 saturated heterocycles. The van der Waals surface area contributed by atoms with Crippen LogP contribution in [0, 0.1) is 0 Å². The highest BCUT2D eigenvalue weighted by molar-refractivity contribution is 5.80. The van der Waals surface area contributed by atoms with Gasteiger partial charge in [-0.15, -0.1) is 0 Å². The molecule has 2 N–H and O–H groups in total. The zero-order chi connectivity index (χ0) is 21.4. The lowest BCUT2D eigenvalue weighted by Gasteiger charge is -2.29. The van der Waals surface area contributed by atoms with Gasteiger partial charge in [0.25, 0.3) is 0 Å². The lowest BCUT2D eigenvalue weighted by Crippen LogP contribution is -2.44. The zero-order valence-electron chi connectivity index (χ0n) is 17.7. The van der Waals surface area contributed by atoms with Crippen LogP contribution in [-0.2, 0) is 22.4 Å². The molecule has 2 aromatic rings. The van der Waals surface area contributed by atoms with Gasteiger partial charge >= 0.3 is 0 Å². The molecule has 0 aromatic heterocycles. The van der Waals surface area contributed by atoms with Crippen molar-refractivity contribution in [3.63, 3.8) is 0 Å². The van der Waals surface area contributed by atoms with Gasteiger partial charge in [0.1, 0.15) is 11.5 Å². The van der Waals surface area contributed by atoms with E-state index in [9.17, 15) is 9.59 Å². The van der Waals surface area contributed by atoms with Gasteiger partial charge in [0.15, 0.2) is 0 Å². The minimum Gasteiger partial charge on any atom is -0.497 e. The lowest BCUT2D eigenvalue weighted by molar-refractivity contribution is -0.122. The first-order valence-electron chi connectivity index (χ1n) is 10.4. The van der Waals surface area contributed by atoms with Gasteiger partial charge in [-0.25, -0.2) is 0 Å². The Kier molecular flexibility index (Phi) is 7.33. The van der Waals surface area contributed by atoms with Gasteiger partial charge < -0.3 is 20.1 Å². The fraction of sp³-hybridized carbons (Fsp3) is 0.417. The molecule has 2 aromatic carbocycles. The van der Waals surface area contributed by atoms with E-state index < -0.39 is 0 Å². The summed E-state index contributed by atoms with van der Waals surface area (Å²) in [7, 11) is 3.28. The Morgan fingerprint density at radius 3 is 2.13 bits per heavy atom. The number of nitrogens with one attached hydrogen (secondary N) is 2. The number of methoxy groups -OCH3 is 2. The average molecular weight is 411 g/mol. The summed E-state index contributed by atoms with van der Waals surface area (Å²) in [5.74, 6) is 1.70. The molecule has 0 saturated carbocycles. The van der Waals surface area contributed by atoms with E-state index >= 15 is 0 Å². The van der Waals surface area contributed by atoms with Crippen LogP contribution in [0.25, 0.3) is 0 Å². The maximum atomic E-state index is 12.4. The average Bonchev–Trinajstić information content (AvgIpc) is 3.14. The van der Waals surface area contributed by atoms with Crippen molar-refractivity contribution < 1.29 is 19.1 Å². The molecule has 1 aliphatic heterocycles. The van der Waals surface area contributed by atoms with Crippen molar-refractivity contribution in [1.29, 1.82) is 0 Å². The molecule has 160 valence electrons. The third-order valence-corrected chi connectivity index (χ3v) is 5.66. The van der Waals surface area contributed by atoms with Crippen LogP contribution >= 0.6 is 0 Å². The number of benzene rings is 2. The second-order valence-electron chi connectivity index (χ2n) is 7.80. The Morgan fingerprint density at radius 2 is 1.60 bits per heavy atom. The first-order chi connectivity index (χ1) is 14.5. The topological polar surface area (TPSA) is 76.7 Å². The fourth-order valence-corrected chi connectivity index (χ4v) is 3.90. The molecule has 0 aliphatic carbocycles. The van der Waals surface area contributed by atoms with Crippen LogP contribution in [0.5, 0.6) is 11.5 Å². The van der Waals surface area contributed by atoms with E-state index in [4.69, 9.17) is 9.47 Å². The molecule has 2 amide bonds. The van der Waals surface area contributed by atoms with Crippen molar-refractivity contribution in [2.24, 2.45) is 0 Å². The minimum atomic E-state index is -0.362. The normalized spacial score (nSPS) is 18.0. The van der Waals surface area contributed by atoms with Crippen molar-refractivity contribution in [2.45, 2.75) is 44.1 Å². The van der Waals surface area contributed by atoms with E-state index in [0.29, 0.717) is 32.2 Å². The Morgan fingerprint density at radius 1 is 1.00 bits per heavy atom. The van der Waals surface area contributed by atoms with Crippen LogP contribution in [0.15, 0.2) is 48.5 Å². The fourth-order valence-electron chi connectivity index (χ4n) is 3.90. The summed E-state index contributed by atoms with van der Waals surface area (Å²) in [6, 6.07) is 15.7. The van der Waals surface area contributed by atoms with Crippen LogP contribution in [-0.4, -0.2) is 38.1 Å². The van der Waals surface area contributed by atoms with Crippen LogP contribution in [0.2, 0.25) is 0 Å². The molecule has 3 rings (SSSR count). The van der Waals surface area contributed by atoms with E-state index in [0.717, 1.165) is 35.5 Å². The van der Waals surface area contributed by atoms with Crippen LogP contribution in [0.4, 0.5) is 0 Å². The second-order valence-corrected chi connectivity index (χ2v) is 7.80. The van der Waals surface area contributed by atoms with Gasteiger partial charge in [0.05, 0.1) is 14.2 Å². The highest BCUT2D eigenvalue weighted by atomic mass is 16.5. The molecule has 1 atom stereocenters. The second kappa shape index (κ2) is 10.1. The summed E-state index contributed by atoms with van der Waals surface area (Å²) in [5.41, 5.74) is 1.91. The smallest absolute Gasteiger partial charge is 0.220 e. The van der Waals surface area contributed by atoms with E-state index in [1.807, 2.05) is 48.5 Å². The van der Waals surface area contributed by atoms with Crippen LogP contribution in [0.3, 0.4) is 0 Å². The lowest BCUT2D eigenvalue weighted by atomic mass is 9.85. The molecular formula is C24H30N2O4. The predicted octanol–water partition coefficient (Wildman–Crippen LogP) is 3.03. The van der Waals surface area contributed by atoms with E-state index in [-0.39, 0.29) is 17.4 Å². The maximum Gasteiger partial charge on any atom is 0.220 e. The summed E-state index contributed by atoms with van der Waals surface area (Å²) < 4.78 is 10.4. The number of amides is 2. The molecule has 0 bridgehead atoms. The number of carbonyl (C=O) groups excluding carboxylic acids is 2. The van der Waals surface area contributed by atoms with Crippen LogP contribution < -0.4 is 20.1 Å². The molecule has 1 unspecified atom stereocenters. The first-order valence-corrected chi connectivity index (χ1v) is 10.4. The summed E-state index contributed by atoms with van der Waals surface area (Å²) in [6.07, 6.45) is 3.75. The Balaban J connectivity index is 1.49. The Bertz CT molecular complexity index is 849. The quantitative estimate of drug-likeness (QED) is 0.631. The SMILES string of the molecule is COc1ccc(CCNC(=O)CCC2(Cc3ccc(OC)cc3)CCC(=O)N2)cc1. The summed E-state index contributed by atoms with van der Waals surface area (Å²) in [5, 5.41) is 6.12. The number of hydrogen-bond acceptors (Lipinski definition) is 4. The van der Waals surface area contributed by atoms with Crippen molar-refractivity contribution in [3.8, 4) is 11.5 Å². The Hall–Kier alpha value is -3.02. The standard InChI is InChI=1S/C24H30N2O4/c1-29-20-7-3-18(4-8-20)13-16-25-22(27)11-14-24(15-12-23(28)26-24)17-19-5-9-21(30-2)10-6-19/h3-10H,11-17H2,1-2H3,(H,25,27)(H,26,28). The Labute approximate surface area is 178 Å². The third kappa shape index (κ3) is 5.99. The first kappa shape index (κ1) is 21.7. The summed E-state index contributed by atoms with van der Waals surface area (Å²) >= 11 is 0. The summed E-state index contributed by atoms with van der Waals surface area (Å²) in [4.78, 5) is 24.3. The predicted molar refractivity (Wildman–Crippen MR) is 116 cm³/mol. The molecule has 1 heterocycles. The maximum absolute atomic E-state index is 12.4. The highest BCUT2D eigenvalue weighted by Gasteiger charge is 2.37. The molecule has 6 nitrogen and oxygen atoms in total. The van der Waals surface area contributed by atoms with Gasteiger partial charge in [0.2, 0.25) is 11.8 Å². The van der Waals surface area contributed by atoms with E-state index in [2.05, 4.69) is 10.6 Å². The third-order valence-electron chi connectivity index (χ3n) is 5.66. The van der Waals surface area contributed by atoms with E-state index in [1.54, 1.807) is 14.2 Å². The van der Waals surface area contributed by atoms with E-state index in [1.165, 1.54) is 0 Å². The summed E-state index contributed by atoms with van der Waals surface area (Å²) in [6.45, 7) is 0.586. The highest BCUT2D eigenvalue weighted by Crippen LogP contribution is 2.30. The monoisotopic (exact) mass is 410 g/mol. The van der Waals surface area contributed by atoms with Crippen molar-refractivity contribution in [3.05, 3.63) is 59.7 Å². The van der Waals surface area contributed by atoms with Crippen molar-refractivity contribution in [2.75, 3.05) is 20.8 Å². The van der Waals surface area contributed by atoms with Gasteiger partial charge in [-0.3, -0.25) is 9.59 Å². The number of ether oxygens (including phenoxy) is 2. The van der Waals surface area contributed by atoms with Crippen molar-refractivity contribution in [1.82, 2.24) is 10.6 Å². The van der Waals surface area contributed by atoms with Gasteiger partial charge in [-0.05, 0) is 61.1 Å². The molecule has 0 spiro atoms. The molecule has 30 heavy (non-hydrogen) atoms. The molecule has 1 aliphatic rings. The van der Waals surface area contributed by atoms with Gasteiger partial charge in [0, 0.05) is 24.9 Å². The minimum absolute atomic E-state index is 0.0127. The number of carbonyl (C=O) groups is 2. The number of hydrogen-bond donors (Lipinski definition) is 2. The van der Waals surface area contributed by atoms with Gasteiger partial charge in [-0.1, -0.05) is 24.3 Å². The number of rotatable bonds is 10. The molecule has 0 radical (unpaired) electrons. The zero-order valence-corrected chi connectivity index (χ0v) is 17.7. The van der Waals surface area contributed by atoms with Gasteiger partial charge in [-0.2, -0.15) is 0 Å².